The van der Waals surface area contributed by atoms with Gasteiger partial charge in [0.05, 0.1) is 5.69 Å². The quantitative estimate of drug-likeness (QED) is 0.820. The van der Waals surface area contributed by atoms with Gasteiger partial charge in [0, 0.05) is 32.1 Å². The third-order valence-electron chi connectivity index (χ3n) is 2.19. The van der Waals surface area contributed by atoms with Crippen molar-refractivity contribution in [1.82, 2.24) is 4.98 Å². The van der Waals surface area contributed by atoms with Crippen LogP contribution < -0.4 is 5.32 Å². The number of benzene rings is 1. The van der Waals surface area contributed by atoms with Crippen LogP contribution in [-0.4, -0.2) is 17.1 Å². The summed E-state index contributed by atoms with van der Waals surface area (Å²) in [5, 5.41) is 12.6. The smallest absolute Gasteiger partial charge is 0.126 e. The predicted molar refractivity (Wildman–Crippen MR) is 60.9 cm³/mol. The van der Waals surface area contributed by atoms with Crippen LogP contribution in [0.5, 0.6) is 5.75 Å². The standard InChI is InChI=1S/C12H12N2O.Zn/c1-13-12-8-4-6-10(14-12)9-5-2-3-7-11(9)15;/h2-8,15H,1H3,(H,13,14);. The van der Waals surface area contributed by atoms with Gasteiger partial charge in [-0.3, -0.25) is 0 Å². The molecule has 0 spiro atoms. The number of aromatic nitrogens is 1. The zero-order valence-electron chi connectivity index (χ0n) is 9.14. The topological polar surface area (TPSA) is 45.1 Å². The normalized spacial score (nSPS) is 9.31. The van der Waals surface area contributed by atoms with E-state index in [0.717, 1.165) is 17.1 Å². The zero-order chi connectivity index (χ0) is 10.7. The number of nitrogens with zero attached hydrogens (tertiary/aromatic N) is 1. The average Bonchev–Trinajstić information content (AvgIpc) is 2.30. The van der Waals surface area contributed by atoms with Crippen LogP contribution in [-0.2, 0) is 19.5 Å². The summed E-state index contributed by atoms with van der Waals surface area (Å²) in [6.45, 7) is 0. The number of aromatic hydroxyl groups is 1. The second kappa shape index (κ2) is 5.62. The van der Waals surface area contributed by atoms with Gasteiger partial charge in [0.25, 0.3) is 0 Å². The summed E-state index contributed by atoms with van der Waals surface area (Å²) in [5.74, 6) is 1.04. The molecule has 0 aliphatic heterocycles. The molecule has 0 atom stereocenters. The molecule has 16 heavy (non-hydrogen) atoms. The molecular weight excluding hydrogens is 254 g/mol. The van der Waals surface area contributed by atoms with Gasteiger partial charge in [-0.1, -0.05) is 18.2 Å². The van der Waals surface area contributed by atoms with Gasteiger partial charge < -0.3 is 10.4 Å². The van der Waals surface area contributed by atoms with E-state index in [1.165, 1.54) is 0 Å². The molecule has 4 heteroatoms. The number of anilines is 1. The fraction of sp³-hybridized carbons (Fsp3) is 0.0833. The Bertz CT molecular complexity index is 474. The monoisotopic (exact) mass is 264 g/mol. The maximum atomic E-state index is 9.67. The van der Waals surface area contributed by atoms with Crippen LogP contribution in [0.25, 0.3) is 11.3 Å². The Kier molecular flexibility index (Phi) is 4.44. The second-order valence-corrected chi connectivity index (χ2v) is 3.18. The summed E-state index contributed by atoms with van der Waals surface area (Å²) in [6.07, 6.45) is 0. The van der Waals surface area contributed by atoms with Gasteiger partial charge in [-0.25, -0.2) is 4.98 Å². The first-order chi connectivity index (χ1) is 7.31. The van der Waals surface area contributed by atoms with Crippen LogP contribution in [0.2, 0.25) is 0 Å². The number of rotatable bonds is 2. The zero-order valence-corrected chi connectivity index (χ0v) is 12.1. The first kappa shape index (κ1) is 12.7. The number of para-hydroxylation sites is 1. The van der Waals surface area contributed by atoms with Crippen molar-refractivity contribution in [3.05, 3.63) is 42.5 Å². The van der Waals surface area contributed by atoms with E-state index in [4.69, 9.17) is 0 Å². The van der Waals surface area contributed by atoms with E-state index >= 15 is 0 Å². The number of phenols is 1. The Balaban J connectivity index is 0.00000128. The number of hydrogen-bond donors (Lipinski definition) is 2. The van der Waals surface area contributed by atoms with Gasteiger partial charge >= 0.3 is 0 Å². The number of phenolic OH excluding ortho intramolecular Hbond substituents is 1. The predicted octanol–water partition coefficient (Wildman–Crippen LogP) is 2.49. The van der Waals surface area contributed by atoms with Crippen molar-refractivity contribution in [1.29, 1.82) is 0 Å². The SMILES string of the molecule is CNc1cccc(-c2ccccc2O)n1.[Zn]. The molecule has 2 aromatic rings. The number of nitrogens with one attached hydrogen (secondary N) is 1. The van der Waals surface area contributed by atoms with Gasteiger partial charge in [-0.2, -0.15) is 0 Å². The Morgan fingerprint density at radius 3 is 2.50 bits per heavy atom. The Morgan fingerprint density at radius 2 is 1.81 bits per heavy atom. The summed E-state index contributed by atoms with van der Waals surface area (Å²) in [4.78, 5) is 4.35. The minimum absolute atomic E-state index is 0. The van der Waals surface area contributed by atoms with Crippen LogP contribution in [0.15, 0.2) is 42.5 Å². The Hall–Kier alpha value is -1.41. The van der Waals surface area contributed by atoms with E-state index < -0.39 is 0 Å². The van der Waals surface area contributed by atoms with Crippen LogP contribution in [0, 0.1) is 0 Å². The van der Waals surface area contributed by atoms with E-state index in [2.05, 4.69) is 10.3 Å². The van der Waals surface area contributed by atoms with Crippen LogP contribution in [0.3, 0.4) is 0 Å². The molecule has 0 radical (unpaired) electrons. The second-order valence-electron chi connectivity index (χ2n) is 3.18. The molecular formula is C12H12N2OZn. The largest absolute Gasteiger partial charge is 0.507 e. The van der Waals surface area contributed by atoms with Crippen LogP contribution >= 0.6 is 0 Å². The van der Waals surface area contributed by atoms with E-state index in [9.17, 15) is 5.11 Å². The molecule has 1 aromatic heterocycles. The van der Waals surface area contributed by atoms with Crippen molar-refractivity contribution in [3.63, 3.8) is 0 Å². The summed E-state index contributed by atoms with van der Waals surface area (Å²) in [6, 6.07) is 12.8. The first-order valence-electron chi connectivity index (χ1n) is 4.74. The van der Waals surface area contributed by atoms with Gasteiger partial charge in [0.1, 0.15) is 11.6 Å². The Labute approximate surface area is 107 Å². The fourth-order valence-electron chi connectivity index (χ4n) is 1.41. The van der Waals surface area contributed by atoms with Crippen molar-refractivity contribution < 1.29 is 24.6 Å². The Morgan fingerprint density at radius 1 is 1.06 bits per heavy atom. The molecule has 0 aliphatic rings. The molecule has 78 valence electrons. The van der Waals surface area contributed by atoms with E-state index in [1.807, 2.05) is 37.4 Å². The minimum atomic E-state index is 0. The molecule has 0 aliphatic carbocycles. The maximum absolute atomic E-state index is 9.67. The molecule has 0 fully saturated rings. The average molecular weight is 266 g/mol. The molecule has 0 bridgehead atoms. The summed E-state index contributed by atoms with van der Waals surface area (Å²) in [5.41, 5.74) is 1.51. The minimum Gasteiger partial charge on any atom is -0.507 e. The van der Waals surface area contributed by atoms with Crippen molar-refractivity contribution in [2.24, 2.45) is 0 Å². The molecule has 0 unspecified atom stereocenters. The van der Waals surface area contributed by atoms with E-state index in [1.54, 1.807) is 12.1 Å². The molecule has 0 amide bonds. The molecule has 2 rings (SSSR count). The molecule has 0 saturated carbocycles. The van der Waals surface area contributed by atoms with Gasteiger partial charge in [0.15, 0.2) is 0 Å². The van der Waals surface area contributed by atoms with Crippen molar-refractivity contribution in [2.75, 3.05) is 12.4 Å². The third kappa shape index (κ3) is 2.58. The van der Waals surface area contributed by atoms with Crippen molar-refractivity contribution >= 4 is 5.82 Å². The van der Waals surface area contributed by atoms with E-state index in [-0.39, 0.29) is 25.2 Å². The van der Waals surface area contributed by atoms with Crippen molar-refractivity contribution in [3.8, 4) is 17.0 Å². The third-order valence-corrected chi connectivity index (χ3v) is 2.19. The molecule has 1 aromatic carbocycles. The number of hydrogen-bond acceptors (Lipinski definition) is 3. The summed E-state index contributed by atoms with van der Waals surface area (Å²) in [7, 11) is 1.82. The van der Waals surface area contributed by atoms with Crippen molar-refractivity contribution in [2.45, 2.75) is 0 Å². The van der Waals surface area contributed by atoms with Gasteiger partial charge in [0.2, 0.25) is 0 Å². The fourth-order valence-corrected chi connectivity index (χ4v) is 1.41. The molecule has 2 N–H and O–H groups in total. The van der Waals surface area contributed by atoms with E-state index in [0.29, 0.717) is 0 Å². The van der Waals surface area contributed by atoms with Gasteiger partial charge in [-0.15, -0.1) is 0 Å². The molecule has 1 heterocycles. The van der Waals surface area contributed by atoms with Crippen LogP contribution in [0.4, 0.5) is 5.82 Å². The molecule has 3 nitrogen and oxygen atoms in total. The van der Waals surface area contributed by atoms with Crippen LogP contribution in [0.1, 0.15) is 0 Å². The maximum Gasteiger partial charge on any atom is 0.126 e. The van der Waals surface area contributed by atoms with Gasteiger partial charge in [-0.05, 0) is 24.3 Å². The summed E-state index contributed by atoms with van der Waals surface area (Å²) >= 11 is 0. The first-order valence-corrected chi connectivity index (χ1v) is 4.74. The number of pyridine rings is 1. The molecule has 0 saturated heterocycles. The summed E-state index contributed by atoms with van der Waals surface area (Å²) < 4.78 is 0.